The predicted octanol–water partition coefficient (Wildman–Crippen LogP) is 2.36. The van der Waals surface area contributed by atoms with E-state index in [4.69, 9.17) is 12.2 Å². The van der Waals surface area contributed by atoms with Gasteiger partial charge in [-0.3, -0.25) is 19.8 Å². The average Bonchev–Trinajstić information content (AvgIpc) is 2.89. The number of thiocarbonyl (C=S) groups is 1. The van der Waals surface area contributed by atoms with Gasteiger partial charge in [0.15, 0.2) is 4.32 Å². The van der Waals surface area contributed by atoms with Crippen molar-refractivity contribution in [2.75, 3.05) is 4.90 Å². The van der Waals surface area contributed by atoms with Crippen LogP contribution >= 0.6 is 24.0 Å². The lowest BCUT2D eigenvalue weighted by Gasteiger charge is -2.15. The second kappa shape index (κ2) is 7.06. The maximum atomic E-state index is 12.6. The third kappa shape index (κ3) is 3.48. The third-order valence-corrected chi connectivity index (χ3v) is 4.86. The molecule has 0 radical (unpaired) electrons. The number of nitro groups is 1. The first-order valence-electron chi connectivity index (χ1n) is 7.20. The van der Waals surface area contributed by atoms with E-state index in [9.17, 15) is 24.8 Å². The number of non-ortho nitro benzene ring substituents is 1. The van der Waals surface area contributed by atoms with Crippen LogP contribution in [0.15, 0.2) is 53.4 Å². The highest BCUT2D eigenvalue weighted by Gasteiger charge is 2.33. The molecule has 0 unspecified atom stereocenters. The van der Waals surface area contributed by atoms with E-state index in [0.717, 1.165) is 11.8 Å². The molecule has 3 rings (SSSR count). The topological polar surface area (TPSA) is 104 Å². The fourth-order valence-corrected chi connectivity index (χ4v) is 3.58. The number of nitrogens with zero attached hydrogens (tertiary/aromatic N) is 2. The molecule has 1 fully saturated rings. The lowest BCUT2D eigenvalue weighted by atomic mass is 10.2. The second-order valence-corrected chi connectivity index (χ2v) is 6.88. The van der Waals surface area contributed by atoms with Crippen LogP contribution in [0.4, 0.5) is 11.4 Å². The second-order valence-electron chi connectivity index (χ2n) is 5.20. The van der Waals surface area contributed by atoms with Gasteiger partial charge in [-0.2, -0.15) is 0 Å². The van der Waals surface area contributed by atoms with Crippen LogP contribution in [-0.2, 0) is 4.79 Å². The SMILES string of the molecule is O=C([O-])c1ccc(N2C(=O)/C(=C/c3ccc([N+](=O)[O-])cc3)SC2=S)cc1. The maximum Gasteiger partial charge on any atom is 0.270 e. The number of carboxylic acids is 1. The normalized spacial score (nSPS) is 15.5. The molecule has 0 spiro atoms. The Balaban J connectivity index is 1.86. The number of thioether (sulfide) groups is 1. The van der Waals surface area contributed by atoms with Gasteiger partial charge in [0.25, 0.3) is 11.6 Å². The Bertz CT molecular complexity index is 952. The largest absolute Gasteiger partial charge is 0.545 e. The van der Waals surface area contributed by atoms with Gasteiger partial charge >= 0.3 is 0 Å². The molecule has 0 bridgehead atoms. The molecule has 1 aliphatic heterocycles. The zero-order valence-corrected chi connectivity index (χ0v) is 14.6. The highest BCUT2D eigenvalue weighted by atomic mass is 32.2. The summed E-state index contributed by atoms with van der Waals surface area (Å²) in [4.78, 5) is 35.3. The molecule has 1 aliphatic rings. The summed E-state index contributed by atoms with van der Waals surface area (Å²) in [7, 11) is 0. The molecular weight excluding hydrogens is 376 g/mol. The van der Waals surface area contributed by atoms with Crippen molar-refractivity contribution in [2.45, 2.75) is 0 Å². The van der Waals surface area contributed by atoms with Crippen LogP contribution in [0.1, 0.15) is 15.9 Å². The van der Waals surface area contributed by atoms with E-state index < -0.39 is 10.9 Å². The fraction of sp³-hybridized carbons (Fsp3) is 0. The number of amides is 1. The van der Waals surface area contributed by atoms with Crippen molar-refractivity contribution in [1.82, 2.24) is 0 Å². The molecule has 130 valence electrons. The van der Waals surface area contributed by atoms with Crippen LogP contribution in [0.25, 0.3) is 6.08 Å². The van der Waals surface area contributed by atoms with E-state index in [0.29, 0.717) is 20.5 Å². The van der Waals surface area contributed by atoms with Crippen LogP contribution in [0.2, 0.25) is 0 Å². The first kappa shape index (κ1) is 17.8. The van der Waals surface area contributed by atoms with Crippen molar-refractivity contribution in [3.05, 3.63) is 74.7 Å². The molecule has 7 nitrogen and oxygen atoms in total. The summed E-state index contributed by atoms with van der Waals surface area (Å²) in [6.07, 6.45) is 1.60. The van der Waals surface area contributed by atoms with E-state index in [-0.39, 0.29) is 17.2 Å². The first-order chi connectivity index (χ1) is 12.4. The van der Waals surface area contributed by atoms with Crippen LogP contribution in [-0.4, -0.2) is 21.1 Å². The number of nitro benzene ring substituents is 1. The van der Waals surface area contributed by atoms with Gasteiger partial charge in [0.2, 0.25) is 0 Å². The number of anilines is 1. The molecule has 1 heterocycles. The first-order valence-corrected chi connectivity index (χ1v) is 8.43. The average molecular weight is 385 g/mol. The summed E-state index contributed by atoms with van der Waals surface area (Å²) >= 11 is 6.34. The van der Waals surface area contributed by atoms with E-state index >= 15 is 0 Å². The molecule has 1 saturated heterocycles. The van der Waals surface area contributed by atoms with Crippen molar-refractivity contribution in [2.24, 2.45) is 0 Å². The van der Waals surface area contributed by atoms with Crippen molar-refractivity contribution < 1.29 is 19.6 Å². The fourth-order valence-electron chi connectivity index (χ4n) is 2.28. The molecule has 2 aromatic rings. The number of hydrogen-bond acceptors (Lipinski definition) is 7. The molecule has 0 atom stereocenters. The molecule has 9 heteroatoms. The molecule has 2 aromatic carbocycles. The van der Waals surface area contributed by atoms with Crippen LogP contribution in [0, 0.1) is 10.1 Å². The molecular formula is C17H9N2O5S2-. The van der Waals surface area contributed by atoms with Crippen LogP contribution in [0.5, 0.6) is 0 Å². The summed E-state index contributed by atoms with van der Waals surface area (Å²) in [5.74, 6) is -1.65. The minimum absolute atomic E-state index is 0.000567. The summed E-state index contributed by atoms with van der Waals surface area (Å²) in [6.45, 7) is 0. The quantitative estimate of drug-likeness (QED) is 0.344. The zero-order chi connectivity index (χ0) is 18.8. The van der Waals surface area contributed by atoms with E-state index in [1.807, 2.05) is 0 Å². The number of carbonyl (C=O) groups excluding carboxylic acids is 2. The van der Waals surface area contributed by atoms with Crippen LogP contribution < -0.4 is 10.0 Å². The van der Waals surface area contributed by atoms with Gasteiger partial charge < -0.3 is 9.90 Å². The Morgan fingerprint density at radius 2 is 1.73 bits per heavy atom. The van der Waals surface area contributed by atoms with Gasteiger partial charge in [0.1, 0.15) is 0 Å². The van der Waals surface area contributed by atoms with Crippen LogP contribution in [0.3, 0.4) is 0 Å². The molecule has 0 aliphatic carbocycles. The Labute approximate surface area is 157 Å². The minimum Gasteiger partial charge on any atom is -0.545 e. The Morgan fingerprint density at radius 3 is 2.27 bits per heavy atom. The van der Waals surface area contributed by atoms with E-state index in [1.54, 1.807) is 18.2 Å². The molecule has 0 aromatic heterocycles. The third-order valence-electron chi connectivity index (χ3n) is 3.56. The van der Waals surface area contributed by atoms with Crippen molar-refractivity contribution in [3.8, 4) is 0 Å². The zero-order valence-electron chi connectivity index (χ0n) is 12.9. The van der Waals surface area contributed by atoms with Crippen molar-refractivity contribution in [1.29, 1.82) is 0 Å². The predicted molar refractivity (Wildman–Crippen MR) is 99.5 cm³/mol. The maximum absolute atomic E-state index is 12.6. The van der Waals surface area contributed by atoms with Crippen molar-refractivity contribution in [3.63, 3.8) is 0 Å². The molecule has 1 amide bonds. The molecule has 0 saturated carbocycles. The van der Waals surface area contributed by atoms with Gasteiger partial charge in [-0.25, -0.2) is 0 Å². The number of aromatic carboxylic acids is 1. The van der Waals surface area contributed by atoms with Gasteiger partial charge in [-0.1, -0.05) is 36.1 Å². The number of benzene rings is 2. The Kier molecular flexibility index (Phi) is 4.83. The Morgan fingerprint density at radius 1 is 1.12 bits per heavy atom. The molecule has 26 heavy (non-hydrogen) atoms. The van der Waals surface area contributed by atoms with Gasteiger partial charge in [-0.15, -0.1) is 0 Å². The van der Waals surface area contributed by atoms with Gasteiger partial charge in [-0.05, 0) is 41.5 Å². The standard InChI is InChI=1S/C17H10N2O5S2/c20-15-14(9-10-1-5-13(6-2-10)19(23)24)26-17(25)18(15)12-7-3-11(4-8-12)16(21)22/h1-9H,(H,21,22)/p-1/b14-9-. The summed E-state index contributed by atoms with van der Waals surface area (Å²) in [5, 5.41) is 21.5. The smallest absolute Gasteiger partial charge is 0.270 e. The Hall–Kier alpha value is -3.04. The monoisotopic (exact) mass is 385 g/mol. The van der Waals surface area contributed by atoms with Crippen molar-refractivity contribution >= 4 is 57.6 Å². The van der Waals surface area contributed by atoms with E-state index in [1.165, 1.54) is 41.3 Å². The lowest BCUT2D eigenvalue weighted by Crippen LogP contribution is -2.28. The lowest BCUT2D eigenvalue weighted by molar-refractivity contribution is -0.384. The number of rotatable bonds is 4. The van der Waals surface area contributed by atoms with Gasteiger partial charge in [0, 0.05) is 12.1 Å². The number of carboxylic acid groups (broad SMARTS) is 1. The summed E-state index contributed by atoms with van der Waals surface area (Å²) in [6, 6.07) is 11.4. The minimum atomic E-state index is -1.31. The number of hydrogen-bond donors (Lipinski definition) is 0. The summed E-state index contributed by atoms with van der Waals surface area (Å²) < 4.78 is 0.310. The highest BCUT2D eigenvalue weighted by molar-refractivity contribution is 8.27. The summed E-state index contributed by atoms with van der Waals surface area (Å²) in [5.41, 5.74) is 1.04. The molecule has 0 N–H and O–H groups in total. The highest BCUT2D eigenvalue weighted by Crippen LogP contribution is 2.36. The van der Waals surface area contributed by atoms with Gasteiger partial charge in [0.05, 0.1) is 21.5 Å². The number of carbonyl (C=O) groups is 2. The van der Waals surface area contributed by atoms with E-state index in [2.05, 4.69) is 0 Å².